The highest BCUT2D eigenvalue weighted by Gasteiger charge is 2.30. The van der Waals surface area contributed by atoms with Crippen molar-refractivity contribution < 1.29 is 31.2 Å². The zero-order valence-corrected chi connectivity index (χ0v) is 14.6. The molecule has 0 radical (unpaired) electrons. The zero-order chi connectivity index (χ0) is 20.2. The Morgan fingerprint density at radius 2 is 1.52 bits per heavy atom. The number of nitrogens with one attached hydrogen (secondary N) is 3. The summed E-state index contributed by atoms with van der Waals surface area (Å²) >= 11 is 0. The fourth-order valence-corrected chi connectivity index (χ4v) is 2.43. The van der Waals surface area contributed by atoms with Gasteiger partial charge >= 0.3 is 12.2 Å². The van der Waals surface area contributed by atoms with Crippen LogP contribution < -0.4 is 15.4 Å². The van der Waals surface area contributed by atoms with Crippen molar-refractivity contribution in [2.45, 2.75) is 6.18 Å². The van der Waals surface area contributed by atoms with Crippen LogP contribution in [0.3, 0.4) is 0 Å². The molecule has 0 heterocycles. The highest BCUT2D eigenvalue weighted by atomic mass is 32.2. The molecule has 27 heavy (non-hydrogen) atoms. The molecule has 0 fully saturated rings. The first kappa shape index (κ1) is 20.2. The van der Waals surface area contributed by atoms with Crippen LogP contribution in [-0.4, -0.2) is 26.6 Å². The zero-order valence-electron chi connectivity index (χ0n) is 13.8. The average molecular weight is 401 g/mol. The van der Waals surface area contributed by atoms with E-state index >= 15 is 0 Å². The summed E-state index contributed by atoms with van der Waals surface area (Å²) in [6.07, 6.45) is -3.77. The number of halogens is 3. The molecule has 3 N–H and O–H groups in total. The molecule has 2 aromatic rings. The number of amides is 3. The fourth-order valence-electron chi connectivity index (χ4n) is 2.04. The molecule has 0 aliphatic rings. The van der Waals surface area contributed by atoms with Gasteiger partial charge in [0.05, 0.1) is 11.8 Å². The summed E-state index contributed by atoms with van der Waals surface area (Å²) in [6.45, 7) is 0. The Kier molecular flexibility index (Phi) is 5.74. The van der Waals surface area contributed by atoms with Crippen LogP contribution in [-0.2, 0) is 16.2 Å². The monoisotopic (exact) mass is 401 g/mol. The number of rotatable bonds is 4. The molecule has 0 atom stereocenters. The maximum Gasteiger partial charge on any atom is 0.416 e. The molecule has 0 aliphatic heterocycles. The van der Waals surface area contributed by atoms with Crippen LogP contribution in [0.25, 0.3) is 0 Å². The second-order valence-electron chi connectivity index (χ2n) is 5.44. The maximum absolute atomic E-state index is 12.7. The van der Waals surface area contributed by atoms with Crippen LogP contribution in [0.4, 0.5) is 29.3 Å². The molecule has 0 aromatic heterocycles. The number of anilines is 2. The van der Waals surface area contributed by atoms with Crippen LogP contribution in [0.5, 0.6) is 0 Å². The van der Waals surface area contributed by atoms with Gasteiger partial charge in [-0.3, -0.25) is 4.79 Å². The van der Waals surface area contributed by atoms with Crippen molar-refractivity contribution in [3.05, 3.63) is 59.7 Å². The highest BCUT2D eigenvalue weighted by Crippen LogP contribution is 2.29. The van der Waals surface area contributed by atoms with Crippen molar-refractivity contribution in [3.63, 3.8) is 0 Å². The second kappa shape index (κ2) is 7.66. The average Bonchev–Trinajstić information content (AvgIpc) is 2.52. The molecular weight excluding hydrogens is 387 g/mol. The van der Waals surface area contributed by atoms with Crippen LogP contribution in [0.1, 0.15) is 15.9 Å². The molecule has 144 valence electrons. The Morgan fingerprint density at radius 1 is 0.926 bits per heavy atom. The van der Waals surface area contributed by atoms with Crippen LogP contribution in [0.2, 0.25) is 0 Å². The molecule has 3 amide bonds. The Hall–Kier alpha value is -3.08. The molecular formula is C16H14F3N3O4S. The number of benzene rings is 2. The van der Waals surface area contributed by atoms with E-state index in [1.54, 1.807) is 4.72 Å². The van der Waals surface area contributed by atoms with E-state index in [0.29, 0.717) is 0 Å². The van der Waals surface area contributed by atoms with E-state index in [2.05, 4.69) is 10.6 Å². The lowest BCUT2D eigenvalue weighted by molar-refractivity contribution is -0.137. The molecule has 2 rings (SSSR count). The van der Waals surface area contributed by atoms with Crippen molar-refractivity contribution in [3.8, 4) is 0 Å². The van der Waals surface area contributed by atoms with Gasteiger partial charge in [-0.25, -0.2) is 17.9 Å². The number of alkyl halides is 3. The van der Waals surface area contributed by atoms with Crippen LogP contribution in [0.15, 0.2) is 48.5 Å². The van der Waals surface area contributed by atoms with E-state index in [4.69, 9.17) is 0 Å². The van der Waals surface area contributed by atoms with Crippen molar-refractivity contribution in [1.82, 2.24) is 4.72 Å². The Balaban J connectivity index is 2.12. The first-order valence-electron chi connectivity index (χ1n) is 7.31. The standard InChI is InChI=1S/C16H14F3N3O4S/c1-27(25,26)22-15(24)21-13-7-3-6-12(9-13)20-14(23)10-4-2-5-11(8-10)16(17,18)19/h2-9H,1H3,(H,20,23)(H2,21,22,24). The van der Waals surface area contributed by atoms with E-state index in [0.717, 1.165) is 24.5 Å². The minimum Gasteiger partial charge on any atom is -0.322 e. The van der Waals surface area contributed by atoms with Gasteiger partial charge < -0.3 is 10.6 Å². The molecule has 0 bridgehead atoms. The third-order valence-electron chi connectivity index (χ3n) is 3.11. The summed E-state index contributed by atoms with van der Waals surface area (Å²) in [7, 11) is -3.75. The van der Waals surface area contributed by atoms with Crippen molar-refractivity contribution in [1.29, 1.82) is 0 Å². The molecule has 0 aliphatic carbocycles. The topological polar surface area (TPSA) is 104 Å². The van der Waals surface area contributed by atoms with Crippen molar-refractivity contribution >= 4 is 33.3 Å². The van der Waals surface area contributed by atoms with E-state index in [1.165, 1.54) is 30.3 Å². The predicted octanol–water partition coefficient (Wildman–Crippen LogP) is 3.04. The number of urea groups is 1. The lowest BCUT2D eigenvalue weighted by atomic mass is 10.1. The van der Waals surface area contributed by atoms with Gasteiger partial charge in [0.15, 0.2) is 0 Å². The van der Waals surface area contributed by atoms with Gasteiger partial charge in [0.25, 0.3) is 5.91 Å². The number of carbonyl (C=O) groups excluding carboxylic acids is 2. The van der Waals surface area contributed by atoms with Crippen molar-refractivity contribution in [2.75, 3.05) is 16.9 Å². The third kappa shape index (κ3) is 6.29. The first-order chi connectivity index (χ1) is 12.4. The molecule has 7 nitrogen and oxygen atoms in total. The largest absolute Gasteiger partial charge is 0.416 e. The normalized spacial score (nSPS) is 11.6. The van der Waals surface area contributed by atoms with Gasteiger partial charge in [0.2, 0.25) is 10.0 Å². The molecule has 0 spiro atoms. The molecule has 0 saturated carbocycles. The van der Waals surface area contributed by atoms with Crippen molar-refractivity contribution in [2.24, 2.45) is 0 Å². The first-order valence-corrected chi connectivity index (χ1v) is 9.21. The van der Waals surface area contributed by atoms with Gasteiger partial charge in [0, 0.05) is 16.9 Å². The number of hydrogen-bond donors (Lipinski definition) is 3. The van der Waals surface area contributed by atoms with E-state index < -0.39 is 33.7 Å². The van der Waals surface area contributed by atoms with E-state index in [1.807, 2.05) is 0 Å². The lowest BCUT2D eigenvalue weighted by Crippen LogP contribution is -2.33. The van der Waals surface area contributed by atoms with Gasteiger partial charge in [-0.2, -0.15) is 13.2 Å². The number of sulfonamides is 1. The Labute approximate surface area is 152 Å². The SMILES string of the molecule is CS(=O)(=O)NC(=O)Nc1cccc(NC(=O)c2cccc(C(F)(F)F)c2)c1. The lowest BCUT2D eigenvalue weighted by Gasteiger charge is -2.11. The number of carbonyl (C=O) groups is 2. The van der Waals surface area contributed by atoms with Gasteiger partial charge in [-0.15, -0.1) is 0 Å². The summed E-state index contributed by atoms with van der Waals surface area (Å²) in [5.74, 6) is -0.779. The summed E-state index contributed by atoms with van der Waals surface area (Å²) in [6, 6.07) is 8.56. The van der Waals surface area contributed by atoms with Gasteiger partial charge in [-0.05, 0) is 36.4 Å². The van der Waals surface area contributed by atoms with Crippen LogP contribution >= 0.6 is 0 Å². The van der Waals surface area contributed by atoms with E-state index in [9.17, 15) is 31.2 Å². The molecule has 0 saturated heterocycles. The minimum atomic E-state index is -4.58. The molecule has 11 heteroatoms. The third-order valence-corrected chi connectivity index (χ3v) is 3.66. The van der Waals surface area contributed by atoms with Crippen LogP contribution in [0, 0.1) is 0 Å². The Bertz CT molecular complexity index is 975. The Morgan fingerprint density at radius 3 is 2.11 bits per heavy atom. The smallest absolute Gasteiger partial charge is 0.322 e. The predicted molar refractivity (Wildman–Crippen MR) is 92.8 cm³/mol. The molecule has 2 aromatic carbocycles. The second-order valence-corrected chi connectivity index (χ2v) is 7.19. The fraction of sp³-hybridized carbons (Fsp3) is 0.125. The van der Waals surface area contributed by atoms with Gasteiger partial charge in [-0.1, -0.05) is 12.1 Å². The highest BCUT2D eigenvalue weighted by molar-refractivity contribution is 7.89. The summed E-state index contributed by atoms with van der Waals surface area (Å²) < 4.78 is 61.9. The summed E-state index contributed by atoms with van der Waals surface area (Å²) in [4.78, 5) is 23.7. The maximum atomic E-state index is 12.7. The van der Waals surface area contributed by atoms with Gasteiger partial charge in [0.1, 0.15) is 0 Å². The minimum absolute atomic E-state index is 0.165. The van der Waals surface area contributed by atoms with E-state index in [-0.39, 0.29) is 16.9 Å². The molecule has 0 unspecified atom stereocenters. The summed E-state index contributed by atoms with van der Waals surface area (Å²) in [5, 5.41) is 4.65. The summed E-state index contributed by atoms with van der Waals surface area (Å²) in [5.41, 5.74) is -0.798. The quantitative estimate of drug-likeness (QED) is 0.732. The number of hydrogen-bond acceptors (Lipinski definition) is 4.